The van der Waals surface area contributed by atoms with Gasteiger partial charge in [0.05, 0.1) is 0 Å². The summed E-state index contributed by atoms with van der Waals surface area (Å²) in [4.78, 5) is 22.2. The Morgan fingerprint density at radius 2 is 1.50 bits per heavy atom. The van der Waals surface area contributed by atoms with Crippen molar-refractivity contribution in [3.63, 3.8) is 0 Å². The molecule has 0 aromatic heterocycles. The lowest BCUT2D eigenvalue weighted by Crippen LogP contribution is -2.49. The Balaban J connectivity index is 5.19. The van der Waals surface area contributed by atoms with Gasteiger partial charge in [-0.3, -0.25) is 9.59 Å². The zero-order valence-electron chi connectivity index (χ0n) is 10.5. The minimum Gasteiger partial charge on any atom is -0.481 e. The van der Waals surface area contributed by atoms with Crippen LogP contribution in [-0.4, -0.2) is 29.7 Å². The number of carboxylic acids is 2. The molecule has 0 saturated carbocycles. The van der Waals surface area contributed by atoms with Crippen LogP contribution in [0.1, 0.15) is 40.0 Å². The highest BCUT2D eigenvalue weighted by atomic mass is 79.9. The van der Waals surface area contributed by atoms with Crippen LogP contribution in [0, 0.1) is 5.41 Å². The molecule has 4 nitrogen and oxygen atoms in total. The van der Waals surface area contributed by atoms with Gasteiger partial charge in [0.1, 0.15) is 7.56 Å². The number of aliphatic carboxylic acids is 2. The van der Waals surface area contributed by atoms with E-state index in [0.29, 0.717) is 6.42 Å². The van der Waals surface area contributed by atoms with E-state index in [4.69, 9.17) is 5.11 Å². The Morgan fingerprint density at radius 1 is 1.06 bits per heavy atom. The molecule has 0 aromatic rings. The lowest BCUT2D eigenvalue weighted by Gasteiger charge is -2.39. The van der Waals surface area contributed by atoms with E-state index >= 15 is 0 Å². The van der Waals surface area contributed by atoms with Crippen LogP contribution in [0.3, 0.4) is 0 Å². The summed E-state index contributed by atoms with van der Waals surface area (Å²) in [6, 6.07) is 0. The minimum atomic E-state index is -1.28. The monoisotopic (exact) mass is 450 g/mol. The topological polar surface area (TPSA) is 74.6 Å². The smallest absolute Gasteiger partial charge is 0.322 e. The molecular weight excluding hydrogens is 436 g/mol. The molecule has 0 aliphatic carbocycles. The molecule has 18 heavy (non-hydrogen) atoms. The summed E-state index contributed by atoms with van der Waals surface area (Å²) >= 11 is 9.90. The third-order valence-electron chi connectivity index (χ3n) is 2.35. The van der Waals surface area contributed by atoms with Gasteiger partial charge in [0.15, 0.2) is 0 Å². The van der Waals surface area contributed by atoms with Gasteiger partial charge in [0.25, 0.3) is 0 Å². The summed E-state index contributed by atoms with van der Waals surface area (Å²) in [7, 11) is 0. The average Bonchev–Trinajstić information content (AvgIpc) is 2.11. The Labute approximate surface area is 132 Å². The number of alkyl halides is 3. The molecule has 0 radical (unpaired) electrons. The highest BCUT2D eigenvalue weighted by Crippen LogP contribution is 2.52. The van der Waals surface area contributed by atoms with E-state index in [1.807, 2.05) is 20.8 Å². The van der Waals surface area contributed by atoms with E-state index in [2.05, 4.69) is 47.8 Å². The van der Waals surface area contributed by atoms with E-state index in [1.54, 1.807) is 0 Å². The number of carbonyl (C=O) groups is 2. The number of halogens is 3. The maximum Gasteiger partial charge on any atom is 0.322 e. The van der Waals surface area contributed by atoms with Crippen LogP contribution >= 0.6 is 47.8 Å². The van der Waals surface area contributed by atoms with E-state index < -0.39 is 19.5 Å². The first kappa shape index (κ1) is 18.4. The van der Waals surface area contributed by atoms with Gasteiger partial charge in [0.2, 0.25) is 0 Å². The maximum atomic E-state index is 11.5. The second kappa shape index (κ2) is 6.22. The summed E-state index contributed by atoms with van der Waals surface area (Å²) in [5.74, 6) is -1.99. The molecule has 0 saturated heterocycles. The fourth-order valence-electron chi connectivity index (χ4n) is 1.55. The van der Waals surface area contributed by atoms with Crippen molar-refractivity contribution in [1.82, 2.24) is 0 Å². The molecule has 1 atom stereocenters. The van der Waals surface area contributed by atoms with Crippen LogP contribution in [0.25, 0.3) is 0 Å². The maximum absolute atomic E-state index is 11.5. The number of hydrogen-bond donors (Lipinski definition) is 2. The predicted molar refractivity (Wildman–Crippen MR) is 80.8 cm³/mol. The Morgan fingerprint density at radius 3 is 1.78 bits per heavy atom. The fraction of sp³-hybridized carbons (Fsp3) is 0.818. The first-order valence-electron chi connectivity index (χ1n) is 5.34. The largest absolute Gasteiger partial charge is 0.481 e. The molecule has 0 fully saturated rings. The third-order valence-corrected chi connectivity index (χ3v) is 6.85. The van der Waals surface area contributed by atoms with Crippen LogP contribution in [0.5, 0.6) is 0 Å². The van der Waals surface area contributed by atoms with Crippen LogP contribution in [0.2, 0.25) is 0 Å². The molecule has 106 valence electrons. The van der Waals surface area contributed by atoms with Crippen molar-refractivity contribution in [1.29, 1.82) is 0 Å². The lowest BCUT2D eigenvalue weighted by atomic mass is 9.82. The predicted octanol–water partition coefficient (Wildman–Crippen LogP) is 3.99. The lowest BCUT2D eigenvalue weighted by molar-refractivity contribution is -0.142. The van der Waals surface area contributed by atoms with E-state index in [9.17, 15) is 14.7 Å². The summed E-state index contributed by atoms with van der Waals surface area (Å²) in [6.45, 7) is 5.79. The zero-order chi connectivity index (χ0) is 14.8. The van der Waals surface area contributed by atoms with Gasteiger partial charge >= 0.3 is 11.9 Å². The molecule has 7 heteroatoms. The van der Waals surface area contributed by atoms with E-state index in [1.165, 1.54) is 0 Å². The summed E-state index contributed by atoms with van der Waals surface area (Å²) in [5.41, 5.74) is -0.224. The van der Waals surface area contributed by atoms with Crippen LogP contribution in [-0.2, 0) is 9.59 Å². The van der Waals surface area contributed by atoms with Crippen molar-refractivity contribution < 1.29 is 19.8 Å². The molecule has 0 amide bonds. The second-order valence-electron chi connectivity index (χ2n) is 5.44. The zero-order valence-corrected chi connectivity index (χ0v) is 15.2. The van der Waals surface area contributed by atoms with Crippen molar-refractivity contribution in [3.8, 4) is 0 Å². The quantitative estimate of drug-likeness (QED) is 0.597. The molecule has 0 aromatic carbocycles. The average molecular weight is 453 g/mol. The van der Waals surface area contributed by atoms with Crippen molar-refractivity contribution in [2.75, 3.05) is 0 Å². The fourth-order valence-corrected chi connectivity index (χ4v) is 3.61. The molecule has 0 aliphatic heterocycles. The van der Waals surface area contributed by atoms with Crippen molar-refractivity contribution in [2.24, 2.45) is 5.41 Å². The van der Waals surface area contributed by atoms with Crippen LogP contribution in [0.15, 0.2) is 0 Å². The van der Waals surface area contributed by atoms with Crippen LogP contribution in [0.4, 0.5) is 0 Å². The Bertz CT molecular complexity index is 336. The first-order valence-corrected chi connectivity index (χ1v) is 7.72. The van der Waals surface area contributed by atoms with E-state index in [0.717, 1.165) is 0 Å². The van der Waals surface area contributed by atoms with Gasteiger partial charge in [-0.1, -0.05) is 68.6 Å². The van der Waals surface area contributed by atoms with Gasteiger partial charge in [-0.05, 0) is 18.3 Å². The summed E-state index contributed by atoms with van der Waals surface area (Å²) < 4.78 is -2.31. The Kier molecular flexibility index (Phi) is 6.35. The Hall–Kier alpha value is 0.380. The summed E-state index contributed by atoms with van der Waals surface area (Å²) in [5, 5.41) is 18.2. The molecule has 2 N–H and O–H groups in total. The van der Waals surface area contributed by atoms with Crippen molar-refractivity contribution >= 4 is 59.7 Å². The number of carboxylic acid groups (broad SMARTS) is 2. The summed E-state index contributed by atoms with van der Waals surface area (Å²) in [6.07, 6.45) is 0.364. The van der Waals surface area contributed by atoms with Gasteiger partial charge in [0, 0.05) is 6.42 Å². The highest BCUT2D eigenvalue weighted by Gasteiger charge is 2.54. The SMILES string of the molecule is CC(C)(C)CC(Br)(C(=O)O)C(Br)(Br)CCC(=O)O. The molecule has 0 spiro atoms. The molecule has 0 bridgehead atoms. The van der Waals surface area contributed by atoms with Gasteiger partial charge < -0.3 is 10.2 Å². The van der Waals surface area contributed by atoms with Gasteiger partial charge in [-0.2, -0.15) is 0 Å². The molecule has 0 aliphatic rings. The second-order valence-corrected chi connectivity index (χ2v) is 10.6. The van der Waals surface area contributed by atoms with Gasteiger partial charge in [-0.15, -0.1) is 0 Å². The number of hydrogen-bond acceptors (Lipinski definition) is 2. The number of rotatable bonds is 6. The van der Waals surface area contributed by atoms with Gasteiger partial charge in [-0.25, -0.2) is 0 Å². The normalized spacial score (nSPS) is 16.1. The molecular formula is C11H17Br3O4. The molecule has 1 unspecified atom stereocenters. The first-order chi connectivity index (χ1) is 7.82. The minimum absolute atomic E-state index is 0.124. The van der Waals surface area contributed by atoms with Crippen LogP contribution < -0.4 is 0 Å². The molecule has 0 rings (SSSR count). The standard InChI is InChI=1S/C11H17Br3O4/c1-9(2,3)6-10(12,8(17)18)11(13,14)5-4-7(15)16/h4-6H2,1-3H3,(H,15,16)(H,17,18). The van der Waals surface area contributed by atoms with Crippen molar-refractivity contribution in [3.05, 3.63) is 0 Å². The van der Waals surface area contributed by atoms with Crippen molar-refractivity contribution in [2.45, 2.75) is 47.6 Å². The van der Waals surface area contributed by atoms with E-state index in [-0.39, 0.29) is 18.3 Å². The molecule has 0 heterocycles. The highest BCUT2D eigenvalue weighted by molar-refractivity contribution is 9.26. The third kappa shape index (κ3) is 5.17.